The van der Waals surface area contributed by atoms with Crippen LogP contribution in [0, 0.1) is 0 Å². The van der Waals surface area contributed by atoms with E-state index in [0.29, 0.717) is 11.1 Å². The predicted octanol–water partition coefficient (Wildman–Crippen LogP) is 1.63. The third-order valence-corrected chi connectivity index (χ3v) is 5.90. The van der Waals surface area contributed by atoms with Gasteiger partial charge < -0.3 is 5.73 Å². The van der Waals surface area contributed by atoms with E-state index in [1.165, 1.54) is 50.5 Å². The Morgan fingerprint density at radius 3 is 2.28 bits per heavy atom. The van der Waals surface area contributed by atoms with Crippen LogP contribution in [0.2, 0.25) is 0 Å². The smallest absolute Gasteiger partial charge is 0.0423 e. The Morgan fingerprint density at radius 2 is 1.83 bits per heavy atom. The van der Waals surface area contributed by atoms with Crippen LogP contribution in [0.3, 0.4) is 0 Å². The van der Waals surface area contributed by atoms with E-state index < -0.39 is 0 Å². The zero-order valence-electron chi connectivity index (χ0n) is 12.2. The zero-order chi connectivity index (χ0) is 13.2. The topological polar surface area (TPSA) is 32.5 Å². The summed E-state index contributed by atoms with van der Waals surface area (Å²) in [4.78, 5) is 5.28. The van der Waals surface area contributed by atoms with Gasteiger partial charge in [-0.3, -0.25) is 9.80 Å². The average molecular weight is 271 g/mol. The van der Waals surface area contributed by atoms with Crippen molar-refractivity contribution in [1.29, 1.82) is 0 Å². The Bertz CT molecular complexity index is 261. The lowest BCUT2D eigenvalue weighted by Gasteiger charge is -2.51. The maximum absolute atomic E-state index is 6.12. The van der Waals surface area contributed by atoms with Gasteiger partial charge in [-0.05, 0) is 39.4 Å². The second-order valence-corrected chi connectivity index (χ2v) is 7.83. The summed E-state index contributed by atoms with van der Waals surface area (Å²) in [5.74, 6) is 2.56. The van der Waals surface area contributed by atoms with Gasteiger partial charge in [-0.2, -0.15) is 11.8 Å². The summed E-state index contributed by atoms with van der Waals surface area (Å²) < 4.78 is 0. The molecular weight excluding hydrogens is 242 g/mol. The van der Waals surface area contributed by atoms with Crippen LogP contribution >= 0.6 is 11.8 Å². The molecule has 3 nitrogen and oxygen atoms in total. The van der Waals surface area contributed by atoms with Crippen molar-refractivity contribution >= 4 is 11.8 Å². The molecule has 0 aromatic carbocycles. The molecule has 18 heavy (non-hydrogen) atoms. The highest BCUT2D eigenvalue weighted by Gasteiger charge is 2.39. The molecule has 1 atom stereocenters. The van der Waals surface area contributed by atoms with Crippen LogP contribution in [0.15, 0.2) is 0 Å². The molecule has 1 unspecified atom stereocenters. The predicted molar refractivity (Wildman–Crippen MR) is 81.2 cm³/mol. The second kappa shape index (κ2) is 5.70. The van der Waals surface area contributed by atoms with Crippen LogP contribution in [-0.2, 0) is 0 Å². The Balaban J connectivity index is 1.95. The molecular formula is C14H29N3S. The highest BCUT2D eigenvalue weighted by Crippen LogP contribution is 2.32. The molecule has 4 heteroatoms. The molecule has 2 saturated heterocycles. The average Bonchev–Trinajstić information content (AvgIpc) is 2.39. The molecule has 0 aliphatic carbocycles. The summed E-state index contributed by atoms with van der Waals surface area (Å²) in [7, 11) is 0. The molecule has 0 amide bonds. The molecule has 0 saturated carbocycles. The minimum atomic E-state index is 0.299. The summed E-state index contributed by atoms with van der Waals surface area (Å²) in [6.07, 6.45) is 2.63. The number of hydrogen-bond acceptors (Lipinski definition) is 4. The van der Waals surface area contributed by atoms with Gasteiger partial charge in [0.1, 0.15) is 0 Å². The zero-order valence-corrected chi connectivity index (χ0v) is 13.1. The van der Waals surface area contributed by atoms with Crippen molar-refractivity contribution in [3.8, 4) is 0 Å². The third-order valence-electron chi connectivity index (χ3n) is 4.58. The van der Waals surface area contributed by atoms with E-state index in [1.54, 1.807) is 0 Å². The molecule has 106 valence electrons. The molecule has 2 heterocycles. The fourth-order valence-electron chi connectivity index (χ4n) is 3.23. The van der Waals surface area contributed by atoms with Crippen LogP contribution in [0.1, 0.15) is 33.6 Å². The Morgan fingerprint density at radius 1 is 1.17 bits per heavy atom. The SMILES string of the molecule is CC(C)(C)N1CCN(C2(CN)CCCSC2)CC1. The maximum Gasteiger partial charge on any atom is 0.0423 e. The number of thioether (sulfide) groups is 1. The second-order valence-electron chi connectivity index (χ2n) is 6.73. The summed E-state index contributed by atoms with van der Waals surface area (Å²) >= 11 is 2.09. The van der Waals surface area contributed by atoms with E-state index in [9.17, 15) is 0 Å². The molecule has 0 bridgehead atoms. The van der Waals surface area contributed by atoms with Crippen LogP contribution in [0.25, 0.3) is 0 Å². The first-order chi connectivity index (χ1) is 8.48. The van der Waals surface area contributed by atoms with Crippen molar-refractivity contribution in [2.45, 2.75) is 44.7 Å². The van der Waals surface area contributed by atoms with Gasteiger partial charge in [0.05, 0.1) is 0 Å². The molecule has 0 radical (unpaired) electrons. The number of hydrogen-bond donors (Lipinski definition) is 1. The lowest BCUT2D eigenvalue weighted by molar-refractivity contribution is 0.00845. The van der Waals surface area contributed by atoms with Gasteiger partial charge in [-0.25, -0.2) is 0 Å². The third kappa shape index (κ3) is 3.03. The fourth-order valence-corrected chi connectivity index (χ4v) is 4.55. The van der Waals surface area contributed by atoms with Gasteiger partial charge >= 0.3 is 0 Å². The van der Waals surface area contributed by atoms with E-state index in [1.807, 2.05) is 0 Å². The van der Waals surface area contributed by atoms with Crippen molar-refractivity contribution < 1.29 is 0 Å². The summed E-state index contributed by atoms with van der Waals surface area (Å²) in [6.45, 7) is 12.5. The first kappa shape index (κ1) is 14.6. The number of nitrogens with zero attached hydrogens (tertiary/aromatic N) is 2. The molecule has 0 aromatic rings. The van der Waals surface area contributed by atoms with E-state index in [4.69, 9.17) is 5.73 Å². The minimum absolute atomic E-state index is 0.299. The summed E-state index contributed by atoms with van der Waals surface area (Å²) in [5.41, 5.74) is 6.73. The summed E-state index contributed by atoms with van der Waals surface area (Å²) in [5, 5.41) is 0. The van der Waals surface area contributed by atoms with Crippen molar-refractivity contribution in [3.05, 3.63) is 0 Å². The Hall–Kier alpha value is 0.230. The van der Waals surface area contributed by atoms with Crippen LogP contribution < -0.4 is 5.73 Å². The Labute approximate surface area is 116 Å². The lowest BCUT2D eigenvalue weighted by Crippen LogP contribution is -2.64. The molecule has 2 aliphatic rings. The number of rotatable bonds is 2. The van der Waals surface area contributed by atoms with Gasteiger partial charge in [-0.1, -0.05) is 0 Å². The van der Waals surface area contributed by atoms with Crippen molar-refractivity contribution in [2.75, 3.05) is 44.2 Å². The normalized spacial score (nSPS) is 32.7. The molecule has 2 aliphatic heterocycles. The van der Waals surface area contributed by atoms with E-state index in [2.05, 4.69) is 42.3 Å². The van der Waals surface area contributed by atoms with Crippen molar-refractivity contribution in [2.24, 2.45) is 5.73 Å². The molecule has 0 spiro atoms. The quantitative estimate of drug-likeness (QED) is 0.827. The van der Waals surface area contributed by atoms with Crippen LogP contribution in [0.5, 0.6) is 0 Å². The highest BCUT2D eigenvalue weighted by molar-refractivity contribution is 7.99. The highest BCUT2D eigenvalue weighted by atomic mass is 32.2. The van der Waals surface area contributed by atoms with Gasteiger partial charge in [0.15, 0.2) is 0 Å². The Kier molecular flexibility index (Phi) is 4.63. The van der Waals surface area contributed by atoms with Crippen LogP contribution in [-0.4, -0.2) is 65.1 Å². The lowest BCUT2D eigenvalue weighted by atomic mass is 9.91. The molecule has 2 rings (SSSR count). The monoisotopic (exact) mass is 271 g/mol. The van der Waals surface area contributed by atoms with Gasteiger partial charge in [-0.15, -0.1) is 0 Å². The van der Waals surface area contributed by atoms with E-state index >= 15 is 0 Å². The van der Waals surface area contributed by atoms with Gasteiger partial charge in [0, 0.05) is 49.6 Å². The van der Waals surface area contributed by atoms with Crippen LogP contribution in [0.4, 0.5) is 0 Å². The fraction of sp³-hybridized carbons (Fsp3) is 1.00. The minimum Gasteiger partial charge on any atom is -0.329 e. The van der Waals surface area contributed by atoms with Gasteiger partial charge in [0.2, 0.25) is 0 Å². The number of piperazine rings is 1. The van der Waals surface area contributed by atoms with E-state index in [-0.39, 0.29) is 0 Å². The van der Waals surface area contributed by atoms with Gasteiger partial charge in [0.25, 0.3) is 0 Å². The van der Waals surface area contributed by atoms with Crippen molar-refractivity contribution in [1.82, 2.24) is 9.80 Å². The maximum atomic E-state index is 6.12. The first-order valence-electron chi connectivity index (χ1n) is 7.26. The van der Waals surface area contributed by atoms with E-state index in [0.717, 1.165) is 6.54 Å². The first-order valence-corrected chi connectivity index (χ1v) is 8.41. The molecule has 2 N–H and O–H groups in total. The standard InChI is InChI=1S/C14H29N3S/c1-13(2,3)16-6-8-17(9-7-16)14(11-15)5-4-10-18-12-14/h4-12,15H2,1-3H3. The number of nitrogens with two attached hydrogens (primary N) is 1. The molecule has 2 fully saturated rings. The molecule has 0 aromatic heterocycles. The summed E-state index contributed by atoms with van der Waals surface area (Å²) in [6, 6.07) is 0. The largest absolute Gasteiger partial charge is 0.329 e. The van der Waals surface area contributed by atoms with Crippen molar-refractivity contribution in [3.63, 3.8) is 0 Å².